The molecule has 3 heteroatoms. The van der Waals surface area contributed by atoms with Gasteiger partial charge in [-0.3, -0.25) is 4.79 Å². The molecule has 2 nitrogen and oxygen atoms in total. The summed E-state index contributed by atoms with van der Waals surface area (Å²) in [6.07, 6.45) is 2.99. The first-order chi connectivity index (χ1) is 10.8. The predicted octanol–water partition coefficient (Wildman–Crippen LogP) is 4.22. The number of benzene rings is 2. The van der Waals surface area contributed by atoms with Crippen molar-refractivity contribution in [2.75, 3.05) is 6.54 Å². The fourth-order valence-electron chi connectivity index (χ4n) is 3.40. The minimum absolute atomic E-state index is 0.0493. The van der Waals surface area contributed by atoms with Gasteiger partial charge in [0.2, 0.25) is 5.91 Å². The van der Waals surface area contributed by atoms with Gasteiger partial charge < -0.3 is 4.90 Å². The maximum atomic E-state index is 12.7. The second-order valence-electron chi connectivity index (χ2n) is 6.18. The second kappa shape index (κ2) is 5.44. The monoisotopic (exact) mass is 311 g/mol. The van der Waals surface area contributed by atoms with Crippen LogP contribution in [0.15, 0.2) is 48.5 Å². The molecule has 0 spiro atoms. The number of fused-ring (bicyclic) bond motifs is 1. The Morgan fingerprint density at radius 2 is 1.68 bits per heavy atom. The Bertz CT molecular complexity index is 723. The summed E-state index contributed by atoms with van der Waals surface area (Å²) >= 11 is 6.45. The zero-order valence-corrected chi connectivity index (χ0v) is 13.1. The molecule has 4 rings (SSSR count). The molecule has 0 N–H and O–H groups in total. The summed E-state index contributed by atoms with van der Waals surface area (Å²) in [5, 5.41) is 0.734. The van der Waals surface area contributed by atoms with Crippen molar-refractivity contribution >= 4 is 17.5 Å². The number of hydrogen-bond donors (Lipinski definition) is 0. The van der Waals surface area contributed by atoms with Gasteiger partial charge in [-0.05, 0) is 42.0 Å². The van der Waals surface area contributed by atoms with Gasteiger partial charge in [0.15, 0.2) is 0 Å². The number of rotatable bonds is 2. The van der Waals surface area contributed by atoms with E-state index in [0.29, 0.717) is 5.91 Å². The van der Waals surface area contributed by atoms with Gasteiger partial charge in [-0.25, -0.2) is 0 Å². The maximum absolute atomic E-state index is 12.7. The van der Waals surface area contributed by atoms with E-state index in [4.69, 9.17) is 11.6 Å². The van der Waals surface area contributed by atoms with E-state index in [1.54, 1.807) is 0 Å². The number of carbonyl (C=O) groups excluding carboxylic acids is 1. The summed E-state index contributed by atoms with van der Waals surface area (Å²) in [7, 11) is 0. The third kappa shape index (κ3) is 2.32. The highest BCUT2D eigenvalue weighted by Crippen LogP contribution is 2.41. The molecular formula is C19H18ClNO. The molecule has 0 saturated heterocycles. The fourth-order valence-corrected chi connectivity index (χ4v) is 3.64. The van der Waals surface area contributed by atoms with E-state index in [0.717, 1.165) is 36.4 Å². The summed E-state index contributed by atoms with van der Waals surface area (Å²) < 4.78 is 0. The Kier molecular flexibility index (Phi) is 3.42. The number of hydrogen-bond acceptors (Lipinski definition) is 1. The highest BCUT2D eigenvalue weighted by Gasteiger charge is 2.39. The minimum atomic E-state index is -0.0493. The Labute approximate surface area is 135 Å². The molecule has 1 aliphatic carbocycles. The van der Waals surface area contributed by atoms with E-state index in [9.17, 15) is 4.79 Å². The zero-order chi connectivity index (χ0) is 15.1. The van der Waals surface area contributed by atoms with Crippen molar-refractivity contribution < 1.29 is 4.79 Å². The average Bonchev–Trinajstić information content (AvgIpc) is 3.39. The highest BCUT2D eigenvalue weighted by molar-refractivity contribution is 6.31. The molecule has 0 aromatic heterocycles. The largest absolute Gasteiger partial charge is 0.331 e. The lowest BCUT2D eigenvalue weighted by Crippen LogP contribution is -2.41. The van der Waals surface area contributed by atoms with Crippen LogP contribution in [0.1, 0.15) is 35.6 Å². The Balaban J connectivity index is 1.83. The van der Waals surface area contributed by atoms with Crippen molar-refractivity contribution in [2.24, 2.45) is 5.92 Å². The summed E-state index contributed by atoms with van der Waals surface area (Å²) in [5.41, 5.74) is 3.58. The summed E-state index contributed by atoms with van der Waals surface area (Å²) in [4.78, 5) is 14.8. The van der Waals surface area contributed by atoms with Gasteiger partial charge >= 0.3 is 0 Å². The molecule has 1 fully saturated rings. The molecule has 2 aromatic rings. The molecule has 1 aliphatic heterocycles. The quantitative estimate of drug-likeness (QED) is 0.813. The molecular weight excluding hydrogens is 294 g/mol. The van der Waals surface area contributed by atoms with Gasteiger partial charge in [0.25, 0.3) is 0 Å². The molecule has 2 aromatic carbocycles. The van der Waals surface area contributed by atoms with Crippen molar-refractivity contribution in [1.29, 1.82) is 0 Å². The maximum Gasteiger partial charge on any atom is 0.226 e. The topological polar surface area (TPSA) is 20.3 Å². The molecule has 22 heavy (non-hydrogen) atoms. The van der Waals surface area contributed by atoms with Gasteiger partial charge in [-0.15, -0.1) is 0 Å². The molecule has 0 radical (unpaired) electrons. The van der Waals surface area contributed by atoms with Crippen molar-refractivity contribution in [3.8, 4) is 0 Å². The van der Waals surface area contributed by atoms with Crippen LogP contribution in [0, 0.1) is 5.92 Å². The molecule has 1 saturated carbocycles. The van der Waals surface area contributed by atoms with Crippen molar-refractivity contribution in [3.63, 3.8) is 0 Å². The summed E-state index contributed by atoms with van der Waals surface area (Å²) in [5.74, 6) is 0.523. The van der Waals surface area contributed by atoms with E-state index < -0.39 is 0 Å². The van der Waals surface area contributed by atoms with Crippen LogP contribution in [-0.2, 0) is 11.2 Å². The first-order valence-corrected chi connectivity index (χ1v) is 8.26. The second-order valence-corrected chi connectivity index (χ2v) is 6.59. The van der Waals surface area contributed by atoms with Crippen LogP contribution >= 0.6 is 11.6 Å². The number of amides is 1. The normalized spacial score (nSPS) is 20.6. The van der Waals surface area contributed by atoms with Crippen LogP contribution in [0.3, 0.4) is 0 Å². The molecule has 2 aliphatic rings. The molecule has 1 unspecified atom stereocenters. The van der Waals surface area contributed by atoms with Crippen LogP contribution in [-0.4, -0.2) is 17.4 Å². The molecule has 0 bridgehead atoms. The van der Waals surface area contributed by atoms with Gasteiger partial charge in [0.05, 0.1) is 6.04 Å². The Morgan fingerprint density at radius 3 is 2.41 bits per heavy atom. The average molecular weight is 312 g/mol. The van der Waals surface area contributed by atoms with Crippen molar-refractivity contribution in [2.45, 2.75) is 25.3 Å². The van der Waals surface area contributed by atoms with Crippen LogP contribution in [0.2, 0.25) is 5.02 Å². The minimum Gasteiger partial charge on any atom is -0.331 e. The van der Waals surface area contributed by atoms with E-state index >= 15 is 0 Å². The van der Waals surface area contributed by atoms with Crippen molar-refractivity contribution in [1.82, 2.24) is 4.90 Å². The highest BCUT2D eigenvalue weighted by atomic mass is 35.5. The lowest BCUT2D eigenvalue weighted by atomic mass is 9.88. The van der Waals surface area contributed by atoms with Gasteiger partial charge in [-0.1, -0.05) is 54.1 Å². The Morgan fingerprint density at radius 1 is 1.00 bits per heavy atom. The van der Waals surface area contributed by atoms with E-state index in [2.05, 4.69) is 18.2 Å². The predicted molar refractivity (Wildman–Crippen MR) is 87.9 cm³/mol. The van der Waals surface area contributed by atoms with Gasteiger partial charge in [0.1, 0.15) is 0 Å². The van der Waals surface area contributed by atoms with Gasteiger partial charge in [-0.2, -0.15) is 0 Å². The third-order valence-electron chi connectivity index (χ3n) is 4.69. The van der Waals surface area contributed by atoms with E-state index in [1.165, 1.54) is 11.1 Å². The van der Waals surface area contributed by atoms with Crippen LogP contribution in [0.5, 0.6) is 0 Å². The number of carbonyl (C=O) groups is 1. The van der Waals surface area contributed by atoms with Crippen LogP contribution in [0.4, 0.5) is 0 Å². The summed E-state index contributed by atoms with van der Waals surface area (Å²) in [6, 6.07) is 16.3. The molecule has 1 atom stereocenters. The molecule has 1 heterocycles. The number of nitrogens with zero attached hydrogens (tertiary/aromatic N) is 1. The Hall–Kier alpha value is -1.80. The van der Waals surface area contributed by atoms with Gasteiger partial charge in [0, 0.05) is 17.5 Å². The van der Waals surface area contributed by atoms with Crippen LogP contribution in [0.25, 0.3) is 0 Å². The van der Waals surface area contributed by atoms with E-state index in [1.807, 2.05) is 35.2 Å². The standard InChI is InChI=1S/C19H18ClNO/c20-17-8-4-3-7-16(17)18-15-6-2-1-5-13(15)11-12-21(18)19(22)14-9-10-14/h1-8,14,18H,9-12H2. The van der Waals surface area contributed by atoms with Crippen molar-refractivity contribution in [3.05, 3.63) is 70.2 Å². The smallest absolute Gasteiger partial charge is 0.226 e. The summed E-state index contributed by atoms with van der Waals surface area (Å²) in [6.45, 7) is 0.780. The third-order valence-corrected chi connectivity index (χ3v) is 5.04. The van der Waals surface area contributed by atoms with E-state index in [-0.39, 0.29) is 12.0 Å². The zero-order valence-electron chi connectivity index (χ0n) is 12.3. The molecule has 1 amide bonds. The lowest BCUT2D eigenvalue weighted by molar-refractivity contribution is -0.134. The number of halogens is 1. The SMILES string of the molecule is O=C(C1CC1)N1CCc2ccccc2C1c1ccccc1Cl. The van der Waals surface area contributed by atoms with Crippen LogP contribution < -0.4 is 0 Å². The first kappa shape index (κ1) is 13.8. The first-order valence-electron chi connectivity index (χ1n) is 7.88. The lowest BCUT2D eigenvalue weighted by Gasteiger charge is -2.38. The fraction of sp³-hybridized carbons (Fsp3) is 0.316. The molecule has 112 valence electrons.